The lowest BCUT2D eigenvalue weighted by Gasteiger charge is -2.25. The Labute approximate surface area is 140 Å². The highest BCUT2D eigenvalue weighted by atomic mass is 16.5. The summed E-state index contributed by atoms with van der Waals surface area (Å²) in [5, 5.41) is 6.96. The molecule has 2 aromatic rings. The minimum Gasteiger partial charge on any atom is -0.360 e. The molecule has 1 N–H and O–H groups in total. The zero-order valence-corrected chi connectivity index (χ0v) is 14.0. The van der Waals surface area contributed by atoms with E-state index in [1.165, 1.54) is 0 Å². The lowest BCUT2D eigenvalue weighted by molar-refractivity contribution is 0.0924. The molecular weight excluding hydrogens is 306 g/mol. The van der Waals surface area contributed by atoms with Crippen molar-refractivity contribution in [3.05, 3.63) is 35.0 Å². The molecule has 0 unspecified atom stereocenters. The highest BCUT2D eigenvalue weighted by Gasteiger charge is 2.29. The summed E-state index contributed by atoms with van der Waals surface area (Å²) >= 11 is 0. The van der Waals surface area contributed by atoms with E-state index in [1.807, 2.05) is 25.2 Å². The molecule has 0 bridgehead atoms. The van der Waals surface area contributed by atoms with E-state index in [9.17, 15) is 4.79 Å². The van der Waals surface area contributed by atoms with Gasteiger partial charge in [0.2, 0.25) is 5.95 Å². The predicted molar refractivity (Wildman–Crippen MR) is 88.1 cm³/mol. The van der Waals surface area contributed by atoms with Gasteiger partial charge < -0.3 is 14.7 Å². The lowest BCUT2D eigenvalue weighted by Crippen LogP contribution is -2.39. The van der Waals surface area contributed by atoms with Crippen LogP contribution in [0.1, 0.15) is 52.7 Å². The number of nitrogens with one attached hydrogen (secondary N) is 1. The third-order valence-corrected chi connectivity index (χ3v) is 4.61. The van der Waals surface area contributed by atoms with Crippen molar-refractivity contribution in [1.82, 2.24) is 20.4 Å². The van der Waals surface area contributed by atoms with Crippen molar-refractivity contribution < 1.29 is 9.32 Å². The van der Waals surface area contributed by atoms with Gasteiger partial charge in [-0.1, -0.05) is 5.16 Å². The summed E-state index contributed by atoms with van der Waals surface area (Å²) in [7, 11) is 3.86. The minimum absolute atomic E-state index is 0.0832. The monoisotopic (exact) mass is 327 g/mol. The molecule has 2 aromatic heterocycles. The molecule has 1 fully saturated rings. The Morgan fingerprint density at radius 2 is 2.17 bits per heavy atom. The lowest BCUT2D eigenvalue weighted by atomic mass is 9.93. The standard InChI is InChI=1S/C17H21N5O2/c1-22(2)17-18-9-11-7-12(5-6-13(11)20-17)19-16(23)14-8-15(24-21-14)10-3-4-10/h8-10,12H,3-7H2,1-2H3,(H,19,23)/t12-/m1/s1. The molecule has 24 heavy (non-hydrogen) atoms. The molecule has 7 nitrogen and oxygen atoms in total. The number of carbonyl (C=O) groups excluding carboxylic acids is 1. The van der Waals surface area contributed by atoms with Crippen molar-refractivity contribution in [1.29, 1.82) is 0 Å². The summed E-state index contributed by atoms with van der Waals surface area (Å²) in [6.07, 6.45) is 6.60. The first-order valence-electron chi connectivity index (χ1n) is 8.39. The average molecular weight is 327 g/mol. The number of amides is 1. The van der Waals surface area contributed by atoms with E-state index in [2.05, 4.69) is 20.4 Å². The van der Waals surface area contributed by atoms with Gasteiger partial charge in [-0.25, -0.2) is 9.97 Å². The van der Waals surface area contributed by atoms with E-state index in [1.54, 1.807) is 6.07 Å². The quantitative estimate of drug-likeness (QED) is 0.920. The minimum atomic E-state index is -0.162. The second kappa shape index (κ2) is 5.89. The van der Waals surface area contributed by atoms with E-state index >= 15 is 0 Å². The fraction of sp³-hybridized carbons (Fsp3) is 0.529. The van der Waals surface area contributed by atoms with Crippen molar-refractivity contribution >= 4 is 11.9 Å². The smallest absolute Gasteiger partial charge is 0.273 e. The molecular formula is C17H21N5O2. The summed E-state index contributed by atoms with van der Waals surface area (Å²) in [5.74, 6) is 1.86. The van der Waals surface area contributed by atoms with Gasteiger partial charge >= 0.3 is 0 Å². The van der Waals surface area contributed by atoms with Gasteiger partial charge in [0.05, 0.1) is 0 Å². The maximum atomic E-state index is 12.4. The number of hydrogen-bond donors (Lipinski definition) is 1. The van der Waals surface area contributed by atoms with Crippen LogP contribution in [-0.4, -0.2) is 41.2 Å². The Hall–Kier alpha value is -2.44. The van der Waals surface area contributed by atoms with Crippen LogP contribution in [0.5, 0.6) is 0 Å². The van der Waals surface area contributed by atoms with E-state index in [-0.39, 0.29) is 11.9 Å². The number of hydrogen-bond acceptors (Lipinski definition) is 6. The Kier molecular flexibility index (Phi) is 3.70. The van der Waals surface area contributed by atoms with Crippen LogP contribution < -0.4 is 10.2 Å². The number of anilines is 1. The molecule has 7 heteroatoms. The third kappa shape index (κ3) is 2.98. The largest absolute Gasteiger partial charge is 0.360 e. The second-order valence-corrected chi connectivity index (χ2v) is 6.84. The highest BCUT2D eigenvalue weighted by Crippen LogP contribution is 2.40. The van der Waals surface area contributed by atoms with Gasteiger partial charge in [0.1, 0.15) is 5.76 Å². The van der Waals surface area contributed by atoms with Crippen molar-refractivity contribution in [2.45, 2.75) is 44.1 Å². The van der Waals surface area contributed by atoms with E-state index in [0.717, 1.165) is 55.1 Å². The Morgan fingerprint density at radius 1 is 1.33 bits per heavy atom. The summed E-state index contributed by atoms with van der Waals surface area (Å²) in [5.41, 5.74) is 2.56. The van der Waals surface area contributed by atoms with Crippen LogP contribution in [0.2, 0.25) is 0 Å². The van der Waals surface area contributed by atoms with Crippen molar-refractivity contribution in [3.63, 3.8) is 0 Å². The maximum Gasteiger partial charge on any atom is 0.273 e. The summed E-state index contributed by atoms with van der Waals surface area (Å²) in [4.78, 5) is 23.2. The molecule has 0 saturated heterocycles. The first kappa shape index (κ1) is 15.1. The van der Waals surface area contributed by atoms with Crippen LogP contribution in [0.15, 0.2) is 16.8 Å². The van der Waals surface area contributed by atoms with Crippen LogP contribution >= 0.6 is 0 Å². The number of nitrogens with zero attached hydrogens (tertiary/aromatic N) is 4. The van der Waals surface area contributed by atoms with Gasteiger partial charge in [-0.3, -0.25) is 4.79 Å². The normalized spacial score (nSPS) is 19.7. The first-order valence-corrected chi connectivity index (χ1v) is 8.39. The molecule has 0 spiro atoms. The Bertz CT molecular complexity index is 766. The zero-order valence-electron chi connectivity index (χ0n) is 14.0. The number of fused-ring (bicyclic) bond motifs is 1. The SMILES string of the molecule is CN(C)c1ncc2c(n1)CC[C@@H](NC(=O)c1cc(C3CC3)on1)C2. The average Bonchev–Trinajstić information content (AvgIpc) is 3.31. The molecule has 2 aliphatic rings. The second-order valence-electron chi connectivity index (χ2n) is 6.84. The van der Waals surface area contributed by atoms with Gasteiger partial charge in [0.25, 0.3) is 5.91 Å². The highest BCUT2D eigenvalue weighted by molar-refractivity contribution is 5.92. The van der Waals surface area contributed by atoms with E-state index < -0.39 is 0 Å². The predicted octanol–water partition coefficient (Wildman–Crippen LogP) is 1.70. The molecule has 0 radical (unpaired) electrons. The first-order chi connectivity index (χ1) is 11.6. The molecule has 2 aliphatic carbocycles. The van der Waals surface area contributed by atoms with Gasteiger partial charge in [-0.2, -0.15) is 0 Å². The Morgan fingerprint density at radius 3 is 2.92 bits per heavy atom. The third-order valence-electron chi connectivity index (χ3n) is 4.61. The zero-order chi connectivity index (χ0) is 16.7. The summed E-state index contributed by atoms with van der Waals surface area (Å²) < 4.78 is 5.26. The fourth-order valence-corrected chi connectivity index (χ4v) is 3.05. The molecule has 1 amide bonds. The molecule has 126 valence electrons. The van der Waals surface area contributed by atoms with E-state index in [4.69, 9.17) is 4.52 Å². The van der Waals surface area contributed by atoms with Gasteiger partial charge in [0.15, 0.2) is 5.69 Å². The van der Waals surface area contributed by atoms with E-state index in [0.29, 0.717) is 11.6 Å². The molecule has 1 saturated carbocycles. The number of aryl methyl sites for hydroxylation is 1. The molecule has 4 rings (SSSR count). The van der Waals surface area contributed by atoms with Gasteiger partial charge in [-0.15, -0.1) is 0 Å². The number of carbonyl (C=O) groups is 1. The molecule has 1 atom stereocenters. The van der Waals surface area contributed by atoms with Crippen LogP contribution in [0.4, 0.5) is 5.95 Å². The van der Waals surface area contributed by atoms with Crippen molar-refractivity contribution in [2.75, 3.05) is 19.0 Å². The summed E-state index contributed by atoms with van der Waals surface area (Å²) in [6, 6.07) is 1.86. The van der Waals surface area contributed by atoms with Gasteiger partial charge in [0, 0.05) is 44.0 Å². The summed E-state index contributed by atoms with van der Waals surface area (Å²) in [6.45, 7) is 0. The van der Waals surface area contributed by atoms with Crippen molar-refractivity contribution in [2.24, 2.45) is 0 Å². The number of aromatic nitrogens is 3. The van der Waals surface area contributed by atoms with Crippen LogP contribution in [0.25, 0.3) is 0 Å². The Balaban J connectivity index is 1.41. The van der Waals surface area contributed by atoms with Crippen LogP contribution in [0, 0.1) is 0 Å². The fourth-order valence-electron chi connectivity index (χ4n) is 3.05. The maximum absolute atomic E-state index is 12.4. The van der Waals surface area contributed by atoms with Crippen LogP contribution in [0.3, 0.4) is 0 Å². The van der Waals surface area contributed by atoms with Crippen molar-refractivity contribution in [3.8, 4) is 0 Å². The van der Waals surface area contributed by atoms with Crippen LogP contribution in [-0.2, 0) is 12.8 Å². The molecule has 0 aromatic carbocycles. The topological polar surface area (TPSA) is 84.2 Å². The molecule has 0 aliphatic heterocycles. The number of rotatable bonds is 4. The van der Waals surface area contributed by atoms with Gasteiger partial charge in [-0.05, 0) is 37.7 Å². The molecule has 2 heterocycles.